The van der Waals surface area contributed by atoms with E-state index in [9.17, 15) is 35.1 Å². The Kier molecular flexibility index (Phi) is 17.2. The molecule has 1 spiro atoms. The van der Waals surface area contributed by atoms with Crippen LogP contribution in [0.4, 0.5) is 0 Å². The van der Waals surface area contributed by atoms with E-state index in [-0.39, 0.29) is 37.9 Å². The third kappa shape index (κ3) is 11.3. The van der Waals surface area contributed by atoms with Gasteiger partial charge in [-0.3, -0.25) is 14.9 Å². The number of nitrogens with two attached hydrogens (primary N) is 1. The molecule has 332 valence electrons. The summed E-state index contributed by atoms with van der Waals surface area (Å²) in [6.07, 6.45) is 13.2. The molecule has 3 aliphatic rings. The quantitative estimate of drug-likeness (QED) is 0.0409. The summed E-state index contributed by atoms with van der Waals surface area (Å²) in [6.45, 7) is 11.5. The maximum Gasteiger partial charge on any atom is 0.243 e. The summed E-state index contributed by atoms with van der Waals surface area (Å²) in [5.41, 5.74) is 11.8. The van der Waals surface area contributed by atoms with Gasteiger partial charge in [0.1, 0.15) is 12.2 Å². The van der Waals surface area contributed by atoms with Gasteiger partial charge in [-0.05, 0) is 138 Å². The Morgan fingerprint density at radius 1 is 1.08 bits per heavy atom. The molecule has 2 fully saturated rings. The number of benzene rings is 2. The third-order valence-electron chi connectivity index (χ3n) is 13.8. The van der Waals surface area contributed by atoms with Crippen molar-refractivity contribution in [3.63, 3.8) is 0 Å². The maximum atomic E-state index is 14.4. The van der Waals surface area contributed by atoms with Gasteiger partial charge in [0, 0.05) is 30.9 Å². The Balaban J connectivity index is 1.33. The second-order valence-corrected chi connectivity index (χ2v) is 18.0. The van der Waals surface area contributed by atoms with Gasteiger partial charge < -0.3 is 36.6 Å². The van der Waals surface area contributed by atoms with E-state index < -0.39 is 47.3 Å². The van der Waals surface area contributed by atoms with Crippen molar-refractivity contribution in [3.8, 4) is 0 Å². The molecule has 2 aromatic rings. The topological polar surface area (TPSA) is 185 Å². The van der Waals surface area contributed by atoms with Gasteiger partial charge in [-0.2, -0.15) is 0 Å². The highest BCUT2D eigenvalue weighted by molar-refractivity contribution is 5.98. The number of carbonyl (C=O) groups excluding carboxylic acids is 2. The third-order valence-corrected chi connectivity index (χ3v) is 13.8. The summed E-state index contributed by atoms with van der Waals surface area (Å²) in [6, 6.07) is 15.2. The molecule has 5 rings (SSSR count). The van der Waals surface area contributed by atoms with Gasteiger partial charge in [0.15, 0.2) is 5.78 Å². The largest absolute Gasteiger partial charge is 0.396 e. The Morgan fingerprint density at radius 2 is 1.84 bits per heavy atom. The zero-order valence-electron chi connectivity index (χ0n) is 36.8. The minimum absolute atomic E-state index is 0.00628. The number of nitrogens with one attached hydrogen (secondary N) is 2. The van der Waals surface area contributed by atoms with Crippen molar-refractivity contribution in [2.75, 3.05) is 19.8 Å². The molecular formula is C51H71N3O7. The van der Waals surface area contributed by atoms with Gasteiger partial charge in [-0.1, -0.05) is 96.1 Å². The highest BCUT2D eigenvalue weighted by Gasteiger charge is 2.64. The highest BCUT2D eigenvalue weighted by Crippen LogP contribution is 2.63. The molecular weight excluding hydrogens is 767 g/mol. The lowest BCUT2D eigenvalue weighted by atomic mass is 9.52. The average molecular weight is 838 g/mol. The number of aliphatic hydroxyl groups excluding tert-OH is 4. The van der Waals surface area contributed by atoms with Crippen LogP contribution >= 0.6 is 0 Å². The average Bonchev–Trinajstić information content (AvgIpc) is 3.57. The van der Waals surface area contributed by atoms with Gasteiger partial charge in [0.2, 0.25) is 5.91 Å². The van der Waals surface area contributed by atoms with E-state index in [2.05, 4.69) is 54.5 Å². The molecule has 10 heteroatoms. The van der Waals surface area contributed by atoms with E-state index in [0.717, 1.165) is 43.3 Å². The van der Waals surface area contributed by atoms with Crippen molar-refractivity contribution in [2.45, 2.75) is 135 Å². The monoisotopic (exact) mass is 838 g/mol. The van der Waals surface area contributed by atoms with Crippen LogP contribution in [0.5, 0.6) is 0 Å². The number of hydrogen-bond acceptors (Lipinski definition) is 9. The van der Waals surface area contributed by atoms with Crippen LogP contribution in [0.1, 0.15) is 126 Å². The van der Waals surface area contributed by atoms with Gasteiger partial charge >= 0.3 is 0 Å². The first-order valence-electron chi connectivity index (χ1n) is 22.3. The van der Waals surface area contributed by atoms with E-state index in [4.69, 9.17) is 5.73 Å². The van der Waals surface area contributed by atoms with Crippen molar-refractivity contribution < 1.29 is 35.1 Å². The molecule has 1 aliphatic heterocycles. The standard InChI is InChI=1S/C51H71N3O7/c1-33(16-10-20-37-18-7-6-8-19-37)14-9-15-34(2)17-11-22-39(32-56)41-26-28-51(47(41)59)43(24-13-29-55)40(25-27-50(51,5)61)36(4)44(58)30-38-21-12-23-42-45(38)46(53-31-35(3)57)49(60)54-48(42)52/h6-8,11-12,14,17-19,21-23,35,41,43,46-48,53,55-57,59,61H,2,9-10,13,15-16,20,24-32,52H2,1,3-5H3,(H,54,60)/b17-11+,33-14-,39-22-,40-36+/t35-,41+,43+,46-,47+,48-,50+,51+/m0/s1. The maximum absolute atomic E-state index is 14.4. The lowest BCUT2D eigenvalue weighted by Gasteiger charge is -2.55. The first-order chi connectivity index (χ1) is 29.1. The highest BCUT2D eigenvalue weighted by atomic mass is 16.3. The van der Waals surface area contributed by atoms with Gasteiger partial charge in [0.25, 0.3) is 0 Å². The zero-order chi connectivity index (χ0) is 44.3. The van der Waals surface area contributed by atoms with Crippen LogP contribution in [0.3, 0.4) is 0 Å². The first-order valence-corrected chi connectivity index (χ1v) is 22.3. The van der Waals surface area contributed by atoms with Crippen LogP contribution in [-0.4, -0.2) is 74.8 Å². The number of fused-ring (bicyclic) bond motifs is 1. The van der Waals surface area contributed by atoms with Gasteiger partial charge in [0.05, 0.1) is 24.4 Å². The Morgan fingerprint density at radius 3 is 2.54 bits per heavy atom. The van der Waals surface area contributed by atoms with E-state index in [0.29, 0.717) is 66.4 Å². The number of rotatable bonds is 20. The molecule has 0 unspecified atom stereocenters. The summed E-state index contributed by atoms with van der Waals surface area (Å²) < 4.78 is 0. The SMILES string of the molecule is C=C(/C=C/C=C(/CO)[C@H]1CC[C@@]2([C@H](CCCO)/C(=C(\C)C(=O)Cc3cccc4c3[C@H](NC[C@H](C)O)C(=O)N[C@@H]4N)CC[C@@]2(C)O)[C@@H]1O)CC/C=C(/C)CCCc1ccccc1. The summed E-state index contributed by atoms with van der Waals surface area (Å²) in [7, 11) is 0. The Hall–Kier alpha value is -4.00. The number of carbonyl (C=O) groups is 2. The predicted octanol–water partition coefficient (Wildman–Crippen LogP) is 6.68. The van der Waals surface area contributed by atoms with Crippen LogP contribution in [0, 0.1) is 17.3 Å². The zero-order valence-corrected chi connectivity index (χ0v) is 36.8. The van der Waals surface area contributed by atoms with Crippen LogP contribution in [0.25, 0.3) is 0 Å². The normalized spacial score (nSPS) is 28.2. The molecule has 0 radical (unpaired) electrons. The minimum atomic E-state index is -1.28. The van der Waals surface area contributed by atoms with Crippen LogP contribution in [0.15, 0.2) is 107 Å². The number of allylic oxidation sites excluding steroid dienone is 8. The molecule has 1 heterocycles. The summed E-state index contributed by atoms with van der Waals surface area (Å²) in [5.74, 6) is -1.29. The van der Waals surface area contributed by atoms with E-state index in [1.54, 1.807) is 13.8 Å². The van der Waals surface area contributed by atoms with Crippen molar-refractivity contribution >= 4 is 11.7 Å². The van der Waals surface area contributed by atoms with Crippen LogP contribution < -0.4 is 16.4 Å². The molecule has 2 aliphatic carbocycles. The number of aryl methyl sites for hydroxylation is 1. The number of hydrogen-bond donors (Lipinski definition) is 8. The molecule has 9 N–H and O–H groups in total. The molecule has 1 amide bonds. The second kappa shape index (κ2) is 21.9. The van der Waals surface area contributed by atoms with Crippen molar-refractivity contribution in [1.82, 2.24) is 10.6 Å². The minimum Gasteiger partial charge on any atom is -0.396 e. The molecule has 0 saturated heterocycles. The number of Topliss-reactive ketones (excluding diaryl/α,β-unsaturated/α-hetero) is 1. The smallest absolute Gasteiger partial charge is 0.243 e. The predicted molar refractivity (Wildman–Crippen MR) is 242 cm³/mol. The second-order valence-electron chi connectivity index (χ2n) is 18.0. The Bertz CT molecular complexity index is 1960. The fourth-order valence-corrected chi connectivity index (χ4v) is 10.4. The summed E-state index contributed by atoms with van der Waals surface area (Å²) in [5, 5.41) is 61.3. The van der Waals surface area contributed by atoms with E-state index in [1.807, 2.05) is 49.4 Å². The number of aliphatic hydroxyl groups is 5. The lowest BCUT2D eigenvalue weighted by Crippen LogP contribution is -2.59. The van der Waals surface area contributed by atoms with Crippen molar-refractivity contribution in [2.24, 2.45) is 23.0 Å². The molecule has 10 nitrogen and oxygen atoms in total. The first kappa shape index (κ1) is 48.0. The van der Waals surface area contributed by atoms with E-state index in [1.165, 1.54) is 11.1 Å². The molecule has 61 heavy (non-hydrogen) atoms. The van der Waals surface area contributed by atoms with E-state index >= 15 is 0 Å². The van der Waals surface area contributed by atoms with Crippen molar-refractivity contribution in [1.29, 1.82) is 0 Å². The van der Waals surface area contributed by atoms with Crippen molar-refractivity contribution in [3.05, 3.63) is 130 Å². The fourth-order valence-electron chi connectivity index (χ4n) is 10.4. The number of ketones is 1. The van der Waals surface area contributed by atoms with Crippen LogP contribution in [0.2, 0.25) is 0 Å². The summed E-state index contributed by atoms with van der Waals surface area (Å²) >= 11 is 0. The summed E-state index contributed by atoms with van der Waals surface area (Å²) in [4.78, 5) is 27.5. The van der Waals surface area contributed by atoms with Gasteiger partial charge in [-0.25, -0.2) is 0 Å². The molecule has 2 saturated carbocycles. The number of amides is 1. The van der Waals surface area contributed by atoms with Crippen LogP contribution in [-0.2, 0) is 22.4 Å². The van der Waals surface area contributed by atoms with Gasteiger partial charge in [-0.15, -0.1) is 0 Å². The molecule has 8 atom stereocenters. The lowest BCUT2D eigenvalue weighted by molar-refractivity contribution is -0.167. The fraction of sp³-hybridized carbons (Fsp3) is 0.529. The molecule has 0 bridgehead atoms. The molecule has 0 aromatic heterocycles. The molecule has 2 aromatic carbocycles. The Labute approximate surface area is 363 Å².